The number of imidazole rings is 1. The largest absolute Gasteiger partial charge is 0.304 e. The number of aromatic nitrogens is 3. The Bertz CT molecular complexity index is 364. The molecule has 3 heteroatoms. The molecule has 12 heavy (non-hydrogen) atoms. The second-order valence-corrected chi connectivity index (χ2v) is 2.55. The van der Waals surface area contributed by atoms with Gasteiger partial charge in [-0.3, -0.25) is 4.98 Å². The lowest BCUT2D eigenvalue weighted by molar-refractivity contribution is 0.970. The molecule has 2 aromatic heterocycles. The van der Waals surface area contributed by atoms with Gasteiger partial charge in [-0.2, -0.15) is 0 Å². The van der Waals surface area contributed by atoms with Crippen molar-refractivity contribution in [3.8, 4) is 5.69 Å². The molecule has 3 nitrogen and oxygen atoms in total. The van der Waals surface area contributed by atoms with Crippen molar-refractivity contribution in [2.24, 2.45) is 0 Å². The molecule has 0 fully saturated rings. The van der Waals surface area contributed by atoms with E-state index in [1.807, 2.05) is 29.8 Å². The third-order valence-corrected chi connectivity index (χ3v) is 1.77. The molecule has 0 saturated heterocycles. The smallest absolute Gasteiger partial charge is 0.110 e. The summed E-state index contributed by atoms with van der Waals surface area (Å²) in [6, 6.07) is 3.91. The molecule has 2 aromatic rings. The van der Waals surface area contributed by atoms with Crippen LogP contribution in [0.5, 0.6) is 0 Å². The van der Waals surface area contributed by atoms with Gasteiger partial charge in [0, 0.05) is 30.5 Å². The van der Waals surface area contributed by atoms with Gasteiger partial charge in [0.05, 0.1) is 0 Å². The molecule has 0 amide bonds. The van der Waals surface area contributed by atoms with Gasteiger partial charge < -0.3 is 4.57 Å². The second kappa shape index (κ2) is 2.77. The van der Waals surface area contributed by atoms with Crippen molar-refractivity contribution in [1.82, 2.24) is 14.5 Å². The molecule has 0 N–H and O–H groups in total. The Kier molecular flexibility index (Phi) is 1.63. The second-order valence-electron chi connectivity index (χ2n) is 2.55. The van der Waals surface area contributed by atoms with Crippen LogP contribution in [0.15, 0.2) is 36.9 Å². The van der Waals surface area contributed by atoms with Crippen LogP contribution >= 0.6 is 0 Å². The van der Waals surface area contributed by atoms with E-state index in [-0.39, 0.29) is 0 Å². The van der Waals surface area contributed by atoms with E-state index >= 15 is 0 Å². The number of hydrogen-bond acceptors (Lipinski definition) is 2. The number of aryl methyl sites for hydroxylation is 1. The summed E-state index contributed by atoms with van der Waals surface area (Å²) in [4.78, 5) is 8.09. The highest BCUT2D eigenvalue weighted by Crippen LogP contribution is 2.07. The fourth-order valence-corrected chi connectivity index (χ4v) is 1.16. The van der Waals surface area contributed by atoms with Gasteiger partial charge in [0.15, 0.2) is 0 Å². The molecule has 0 atom stereocenters. The number of nitrogens with zero attached hydrogens (tertiary/aromatic N) is 3. The minimum absolute atomic E-state index is 0.987. The Morgan fingerprint density at radius 3 is 2.50 bits per heavy atom. The fourth-order valence-electron chi connectivity index (χ4n) is 1.16. The van der Waals surface area contributed by atoms with Crippen LogP contribution in [-0.4, -0.2) is 14.5 Å². The van der Waals surface area contributed by atoms with Crippen molar-refractivity contribution in [2.45, 2.75) is 6.92 Å². The summed E-state index contributed by atoms with van der Waals surface area (Å²) in [6.07, 6.45) is 7.27. The monoisotopic (exact) mass is 159 g/mol. The van der Waals surface area contributed by atoms with Gasteiger partial charge in [-0.1, -0.05) is 0 Å². The van der Waals surface area contributed by atoms with Crippen LogP contribution in [0.4, 0.5) is 0 Å². The van der Waals surface area contributed by atoms with Gasteiger partial charge in [-0.05, 0) is 19.1 Å². The third-order valence-electron chi connectivity index (χ3n) is 1.77. The summed E-state index contributed by atoms with van der Waals surface area (Å²) in [5, 5.41) is 0. The Balaban J connectivity index is 2.51. The molecule has 2 heterocycles. The van der Waals surface area contributed by atoms with Crippen molar-refractivity contribution in [1.29, 1.82) is 0 Å². The molecule has 0 aliphatic heterocycles. The maximum atomic E-state index is 4.14. The predicted molar refractivity (Wildman–Crippen MR) is 46.1 cm³/mol. The Morgan fingerprint density at radius 2 is 1.92 bits per heavy atom. The molecule has 0 radical (unpaired) electrons. The SMILES string of the molecule is Cc1nccn1-c1ccncc1. The van der Waals surface area contributed by atoms with Gasteiger partial charge in [0.25, 0.3) is 0 Å². The Hall–Kier alpha value is -1.64. The van der Waals surface area contributed by atoms with E-state index in [1.54, 1.807) is 18.6 Å². The molecule has 0 unspecified atom stereocenters. The molecule has 0 bridgehead atoms. The van der Waals surface area contributed by atoms with E-state index < -0.39 is 0 Å². The third kappa shape index (κ3) is 1.09. The van der Waals surface area contributed by atoms with Crippen LogP contribution in [0, 0.1) is 6.92 Å². The first-order valence-electron chi connectivity index (χ1n) is 3.78. The minimum atomic E-state index is 0.987. The van der Waals surface area contributed by atoms with E-state index in [2.05, 4.69) is 9.97 Å². The van der Waals surface area contributed by atoms with E-state index in [9.17, 15) is 0 Å². The molecule has 0 aromatic carbocycles. The first-order chi connectivity index (χ1) is 5.88. The highest BCUT2D eigenvalue weighted by atomic mass is 15.1. The summed E-state index contributed by atoms with van der Waals surface area (Å²) in [6.45, 7) is 1.97. The van der Waals surface area contributed by atoms with Gasteiger partial charge in [-0.15, -0.1) is 0 Å². The quantitative estimate of drug-likeness (QED) is 0.632. The average Bonchev–Trinajstić information content (AvgIpc) is 2.53. The molecular weight excluding hydrogens is 150 g/mol. The van der Waals surface area contributed by atoms with Crippen LogP contribution in [0.25, 0.3) is 5.69 Å². The van der Waals surface area contributed by atoms with Crippen LogP contribution in [0.3, 0.4) is 0 Å². The van der Waals surface area contributed by atoms with Crippen molar-refractivity contribution in [3.05, 3.63) is 42.7 Å². The lowest BCUT2D eigenvalue weighted by Crippen LogP contribution is -1.94. The molecular formula is C9H9N3. The van der Waals surface area contributed by atoms with Gasteiger partial charge in [-0.25, -0.2) is 4.98 Å². The van der Waals surface area contributed by atoms with Gasteiger partial charge in [0.2, 0.25) is 0 Å². The van der Waals surface area contributed by atoms with Crippen molar-refractivity contribution in [3.63, 3.8) is 0 Å². The molecule has 2 rings (SSSR count). The standard InChI is InChI=1S/C9H9N3/c1-8-11-6-7-12(8)9-2-4-10-5-3-9/h2-7H,1H3. The van der Waals surface area contributed by atoms with E-state index in [0.29, 0.717) is 0 Å². The van der Waals surface area contributed by atoms with E-state index in [4.69, 9.17) is 0 Å². The molecule has 0 saturated carbocycles. The van der Waals surface area contributed by atoms with Crippen molar-refractivity contribution < 1.29 is 0 Å². The predicted octanol–water partition coefficient (Wildman–Crippen LogP) is 1.58. The fraction of sp³-hybridized carbons (Fsp3) is 0.111. The zero-order valence-corrected chi connectivity index (χ0v) is 6.81. The molecule has 0 aliphatic carbocycles. The Morgan fingerprint density at radius 1 is 1.17 bits per heavy atom. The highest BCUT2D eigenvalue weighted by Gasteiger charge is 1.97. The summed E-state index contributed by atoms with van der Waals surface area (Å²) in [7, 11) is 0. The van der Waals surface area contributed by atoms with Crippen molar-refractivity contribution >= 4 is 0 Å². The summed E-state index contributed by atoms with van der Waals surface area (Å²) in [5.41, 5.74) is 1.10. The first kappa shape index (κ1) is 7.03. The summed E-state index contributed by atoms with van der Waals surface area (Å²) in [5.74, 6) is 0.987. The summed E-state index contributed by atoms with van der Waals surface area (Å²) >= 11 is 0. The topological polar surface area (TPSA) is 30.7 Å². The lowest BCUT2D eigenvalue weighted by atomic mass is 10.4. The van der Waals surface area contributed by atoms with Crippen LogP contribution < -0.4 is 0 Å². The molecule has 0 spiro atoms. The highest BCUT2D eigenvalue weighted by molar-refractivity contribution is 5.30. The maximum absolute atomic E-state index is 4.14. The normalized spacial score (nSPS) is 10.1. The molecule has 60 valence electrons. The number of rotatable bonds is 1. The Labute approximate surface area is 70.7 Å². The van der Waals surface area contributed by atoms with Crippen LogP contribution in [0.1, 0.15) is 5.82 Å². The summed E-state index contributed by atoms with van der Waals surface area (Å²) < 4.78 is 2.02. The van der Waals surface area contributed by atoms with Crippen molar-refractivity contribution in [2.75, 3.05) is 0 Å². The van der Waals surface area contributed by atoms with Gasteiger partial charge in [0.1, 0.15) is 5.82 Å². The average molecular weight is 159 g/mol. The zero-order valence-electron chi connectivity index (χ0n) is 6.81. The molecule has 0 aliphatic rings. The lowest BCUT2D eigenvalue weighted by Gasteiger charge is -2.02. The number of hydrogen-bond donors (Lipinski definition) is 0. The minimum Gasteiger partial charge on any atom is -0.304 e. The van der Waals surface area contributed by atoms with Crippen LogP contribution in [0.2, 0.25) is 0 Å². The first-order valence-corrected chi connectivity index (χ1v) is 3.78. The van der Waals surface area contributed by atoms with Gasteiger partial charge >= 0.3 is 0 Å². The van der Waals surface area contributed by atoms with Crippen LogP contribution in [-0.2, 0) is 0 Å². The zero-order chi connectivity index (χ0) is 8.39. The number of pyridine rings is 1. The van der Waals surface area contributed by atoms with E-state index in [0.717, 1.165) is 11.5 Å². The van der Waals surface area contributed by atoms with E-state index in [1.165, 1.54) is 0 Å². The maximum Gasteiger partial charge on any atom is 0.110 e.